The lowest BCUT2D eigenvalue weighted by Gasteiger charge is -2.36. The van der Waals surface area contributed by atoms with Crippen LogP contribution in [-0.4, -0.2) is 35.6 Å². The maximum absolute atomic E-state index is 11.3. The standard InChI is InChI=1S/C16H25N3O2/c1-4-17-13-7-9-16(21,10-8-13)15-6-5-14(11-18-15)19(3)12(2)20/h5-6,11,13,17,21H,4,7-10H2,1-3H3. The number of hydrogen-bond donors (Lipinski definition) is 2. The zero-order valence-electron chi connectivity index (χ0n) is 13.1. The van der Waals surface area contributed by atoms with Crippen LogP contribution in [0.2, 0.25) is 0 Å². The van der Waals surface area contributed by atoms with Gasteiger partial charge in [-0.05, 0) is 44.4 Å². The fourth-order valence-electron chi connectivity index (χ4n) is 2.89. The van der Waals surface area contributed by atoms with Crippen LogP contribution in [0.25, 0.3) is 0 Å². The molecular weight excluding hydrogens is 266 g/mol. The molecular formula is C16H25N3O2. The maximum Gasteiger partial charge on any atom is 0.223 e. The van der Waals surface area contributed by atoms with Crippen molar-refractivity contribution in [1.82, 2.24) is 10.3 Å². The van der Waals surface area contributed by atoms with Crippen molar-refractivity contribution >= 4 is 11.6 Å². The molecule has 0 bridgehead atoms. The molecule has 1 amide bonds. The number of hydrogen-bond acceptors (Lipinski definition) is 4. The zero-order chi connectivity index (χ0) is 15.5. The Kier molecular flexibility index (Phi) is 4.96. The highest BCUT2D eigenvalue weighted by atomic mass is 16.3. The molecule has 2 rings (SSSR count). The number of nitrogens with zero attached hydrogens (tertiary/aromatic N) is 2. The van der Waals surface area contributed by atoms with E-state index in [0.29, 0.717) is 11.7 Å². The first-order valence-electron chi connectivity index (χ1n) is 7.63. The molecule has 116 valence electrons. The van der Waals surface area contributed by atoms with Crippen LogP contribution < -0.4 is 10.2 Å². The van der Waals surface area contributed by atoms with Crippen LogP contribution in [0.1, 0.15) is 45.2 Å². The van der Waals surface area contributed by atoms with Gasteiger partial charge in [-0.2, -0.15) is 0 Å². The number of rotatable bonds is 4. The summed E-state index contributed by atoms with van der Waals surface area (Å²) in [6.07, 6.45) is 5.02. The predicted molar refractivity (Wildman–Crippen MR) is 83.2 cm³/mol. The van der Waals surface area contributed by atoms with Gasteiger partial charge in [0.05, 0.1) is 17.6 Å². The number of carbonyl (C=O) groups is 1. The molecule has 0 aromatic carbocycles. The SMILES string of the molecule is CCNC1CCC(O)(c2ccc(N(C)C(C)=O)cn2)CC1. The average Bonchev–Trinajstić information content (AvgIpc) is 2.49. The van der Waals surface area contributed by atoms with Crippen LogP contribution in [-0.2, 0) is 10.4 Å². The average molecular weight is 291 g/mol. The number of amides is 1. The summed E-state index contributed by atoms with van der Waals surface area (Å²) in [5.74, 6) is -0.0330. The molecule has 1 heterocycles. The van der Waals surface area contributed by atoms with E-state index in [0.717, 1.165) is 37.9 Å². The fourth-order valence-corrected chi connectivity index (χ4v) is 2.89. The summed E-state index contributed by atoms with van der Waals surface area (Å²) >= 11 is 0. The molecule has 5 nitrogen and oxygen atoms in total. The normalized spacial score (nSPS) is 25.6. The number of aliphatic hydroxyl groups is 1. The predicted octanol–water partition coefficient (Wildman–Crippen LogP) is 1.80. The largest absolute Gasteiger partial charge is 0.384 e. The van der Waals surface area contributed by atoms with E-state index in [1.54, 1.807) is 18.1 Å². The van der Waals surface area contributed by atoms with Gasteiger partial charge in [0.1, 0.15) is 5.60 Å². The monoisotopic (exact) mass is 291 g/mol. The van der Waals surface area contributed by atoms with E-state index < -0.39 is 5.60 Å². The minimum absolute atomic E-state index is 0.0330. The Bertz CT molecular complexity index is 479. The molecule has 1 aliphatic rings. The molecule has 0 atom stereocenters. The number of carbonyl (C=O) groups excluding carboxylic acids is 1. The lowest BCUT2D eigenvalue weighted by molar-refractivity contribution is -0.116. The lowest BCUT2D eigenvalue weighted by atomic mass is 9.80. The molecule has 5 heteroatoms. The second-order valence-corrected chi connectivity index (χ2v) is 5.84. The van der Waals surface area contributed by atoms with Crippen molar-refractivity contribution in [2.75, 3.05) is 18.5 Å². The van der Waals surface area contributed by atoms with Gasteiger partial charge in [0.15, 0.2) is 0 Å². The molecule has 0 saturated heterocycles. The van der Waals surface area contributed by atoms with Crippen LogP contribution >= 0.6 is 0 Å². The van der Waals surface area contributed by atoms with Crippen molar-refractivity contribution < 1.29 is 9.90 Å². The first-order valence-corrected chi connectivity index (χ1v) is 7.63. The lowest BCUT2D eigenvalue weighted by Crippen LogP contribution is -2.40. The quantitative estimate of drug-likeness (QED) is 0.888. The highest BCUT2D eigenvalue weighted by molar-refractivity contribution is 5.90. The van der Waals surface area contributed by atoms with Crippen LogP contribution in [0.4, 0.5) is 5.69 Å². The van der Waals surface area contributed by atoms with Crippen LogP contribution in [0, 0.1) is 0 Å². The van der Waals surface area contributed by atoms with Gasteiger partial charge >= 0.3 is 0 Å². The Balaban J connectivity index is 2.06. The van der Waals surface area contributed by atoms with Gasteiger partial charge in [0.2, 0.25) is 5.91 Å². The molecule has 1 saturated carbocycles. The molecule has 1 fully saturated rings. The first kappa shape index (κ1) is 15.9. The maximum atomic E-state index is 11.3. The summed E-state index contributed by atoms with van der Waals surface area (Å²) < 4.78 is 0. The third-order valence-electron chi connectivity index (χ3n) is 4.39. The summed E-state index contributed by atoms with van der Waals surface area (Å²) in [6, 6.07) is 4.18. The molecule has 0 aliphatic heterocycles. The Hall–Kier alpha value is -1.46. The minimum Gasteiger partial charge on any atom is -0.384 e. The van der Waals surface area contributed by atoms with Gasteiger partial charge in [0.25, 0.3) is 0 Å². The van der Waals surface area contributed by atoms with Gasteiger partial charge in [-0.3, -0.25) is 9.78 Å². The van der Waals surface area contributed by atoms with Gasteiger partial charge in [-0.25, -0.2) is 0 Å². The fraction of sp³-hybridized carbons (Fsp3) is 0.625. The van der Waals surface area contributed by atoms with Gasteiger partial charge in [-0.1, -0.05) is 6.92 Å². The summed E-state index contributed by atoms with van der Waals surface area (Å²) in [5, 5.41) is 14.2. The Labute approximate surface area is 126 Å². The van der Waals surface area contributed by atoms with Crippen molar-refractivity contribution in [2.24, 2.45) is 0 Å². The van der Waals surface area contributed by atoms with Crippen molar-refractivity contribution in [2.45, 2.75) is 51.2 Å². The number of aromatic nitrogens is 1. The van der Waals surface area contributed by atoms with E-state index in [4.69, 9.17) is 0 Å². The van der Waals surface area contributed by atoms with Gasteiger partial charge in [-0.15, -0.1) is 0 Å². The highest BCUT2D eigenvalue weighted by Gasteiger charge is 2.35. The number of pyridine rings is 1. The molecule has 21 heavy (non-hydrogen) atoms. The third kappa shape index (κ3) is 3.60. The van der Waals surface area contributed by atoms with E-state index in [2.05, 4.69) is 17.2 Å². The summed E-state index contributed by atoms with van der Waals surface area (Å²) in [4.78, 5) is 17.3. The van der Waals surface area contributed by atoms with Crippen molar-refractivity contribution in [1.29, 1.82) is 0 Å². The Morgan fingerprint density at radius 1 is 1.48 bits per heavy atom. The highest BCUT2D eigenvalue weighted by Crippen LogP contribution is 2.36. The van der Waals surface area contributed by atoms with E-state index in [9.17, 15) is 9.90 Å². The molecule has 0 unspecified atom stereocenters. The zero-order valence-corrected chi connectivity index (χ0v) is 13.1. The van der Waals surface area contributed by atoms with Crippen molar-refractivity contribution in [3.05, 3.63) is 24.0 Å². The topological polar surface area (TPSA) is 65.5 Å². The smallest absolute Gasteiger partial charge is 0.223 e. The van der Waals surface area contributed by atoms with Gasteiger partial charge in [0, 0.05) is 20.0 Å². The van der Waals surface area contributed by atoms with E-state index in [1.807, 2.05) is 12.1 Å². The van der Waals surface area contributed by atoms with Gasteiger partial charge < -0.3 is 15.3 Å². The molecule has 0 radical (unpaired) electrons. The molecule has 1 aliphatic carbocycles. The Morgan fingerprint density at radius 2 is 2.14 bits per heavy atom. The number of anilines is 1. The van der Waals surface area contributed by atoms with E-state index in [1.165, 1.54) is 6.92 Å². The number of nitrogens with one attached hydrogen (secondary N) is 1. The molecule has 1 aromatic rings. The summed E-state index contributed by atoms with van der Waals surface area (Å²) in [6.45, 7) is 4.59. The van der Waals surface area contributed by atoms with Crippen molar-refractivity contribution in [3.8, 4) is 0 Å². The molecule has 1 aromatic heterocycles. The molecule has 0 spiro atoms. The van der Waals surface area contributed by atoms with Crippen LogP contribution in [0.15, 0.2) is 18.3 Å². The molecule has 2 N–H and O–H groups in total. The first-order chi connectivity index (χ1) is 9.96. The van der Waals surface area contributed by atoms with E-state index >= 15 is 0 Å². The van der Waals surface area contributed by atoms with Crippen LogP contribution in [0.5, 0.6) is 0 Å². The van der Waals surface area contributed by atoms with E-state index in [-0.39, 0.29) is 5.91 Å². The Morgan fingerprint density at radius 3 is 2.62 bits per heavy atom. The minimum atomic E-state index is -0.834. The summed E-state index contributed by atoms with van der Waals surface area (Å²) in [5.41, 5.74) is 0.619. The summed E-state index contributed by atoms with van der Waals surface area (Å²) in [7, 11) is 1.72. The van der Waals surface area contributed by atoms with Crippen LogP contribution in [0.3, 0.4) is 0 Å². The third-order valence-corrected chi connectivity index (χ3v) is 4.39. The second kappa shape index (κ2) is 6.54. The van der Waals surface area contributed by atoms with Crippen molar-refractivity contribution in [3.63, 3.8) is 0 Å². The second-order valence-electron chi connectivity index (χ2n) is 5.84.